The lowest BCUT2D eigenvalue weighted by molar-refractivity contribution is 0.329. The van der Waals surface area contributed by atoms with Gasteiger partial charge in [-0.1, -0.05) is 26.0 Å². The standard InChI is InChI=1S/C15H17N3OS/c1-9(2)7-18-8-11(19)13(14(18)16)15-17-10-5-3-4-6-12(10)20-15/h3-6,9,16,19H,7-8H2,1-2H3. The normalized spacial score (nSPS) is 15.9. The lowest BCUT2D eigenvalue weighted by Crippen LogP contribution is -2.30. The van der Waals surface area contributed by atoms with Crippen LogP contribution < -0.4 is 0 Å². The molecule has 2 N–H and O–H groups in total. The molecule has 0 unspecified atom stereocenters. The van der Waals surface area contributed by atoms with Crippen molar-refractivity contribution in [2.75, 3.05) is 13.1 Å². The van der Waals surface area contributed by atoms with E-state index in [4.69, 9.17) is 5.41 Å². The Labute approximate surface area is 121 Å². The van der Waals surface area contributed by atoms with E-state index in [9.17, 15) is 5.11 Å². The van der Waals surface area contributed by atoms with Crippen molar-refractivity contribution in [1.29, 1.82) is 5.41 Å². The first kappa shape index (κ1) is 13.1. The second-order valence-electron chi connectivity index (χ2n) is 5.43. The second kappa shape index (κ2) is 4.90. The van der Waals surface area contributed by atoms with E-state index in [1.165, 1.54) is 11.3 Å². The average Bonchev–Trinajstić information content (AvgIpc) is 2.90. The molecule has 1 aromatic carbocycles. The van der Waals surface area contributed by atoms with Crippen LogP contribution in [0.25, 0.3) is 15.8 Å². The summed E-state index contributed by atoms with van der Waals surface area (Å²) in [5.74, 6) is 1.10. The van der Waals surface area contributed by atoms with Crippen LogP contribution >= 0.6 is 11.3 Å². The summed E-state index contributed by atoms with van der Waals surface area (Å²) in [5.41, 5.74) is 1.51. The summed E-state index contributed by atoms with van der Waals surface area (Å²) in [6, 6.07) is 7.89. The number of benzene rings is 1. The Morgan fingerprint density at radius 1 is 1.40 bits per heavy atom. The highest BCUT2D eigenvalue weighted by molar-refractivity contribution is 7.19. The van der Waals surface area contributed by atoms with E-state index in [0.29, 0.717) is 23.9 Å². The molecule has 0 fully saturated rings. The molecule has 0 amide bonds. The van der Waals surface area contributed by atoms with Crippen LogP contribution in [0.5, 0.6) is 0 Å². The van der Waals surface area contributed by atoms with Crippen molar-refractivity contribution in [2.45, 2.75) is 13.8 Å². The van der Waals surface area contributed by atoms with Gasteiger partial charge in [0.1, 0.15) is 16.6 Å². The number of para-hydroxylation sites is 1. The average molecular weight is 287 g/mol. The van der Waals surface area contributed by atoms with Crippen molar-refractivity contribution in [3.63, 3.8) is 0 Å². The molecule has 0 atom stereocenters. The van der Waals surface area contributed by atoms with E-state index in [2.05, 4.69) is 18.8 Å². The maximum absolute atomic E-state index is 10.2. The third-order valence-corrected chi connectivity index (χ3v) is 4.33. The van der Waals surface area contributed by atoms with Gasteiger partial charge in [-0.3, -0.25) is 5.41 Å². The number of thiazole rings is 1. The number of aliphatic hydroxyl groups excluding tert-OH is 1. The van der Waals surface area contributed by atoms with Crippen LogP contribution in [0.2, 0.25) is 0 Å². The van der Waals surface area contributed by atoms with Crippen LogP contribution in [0.3, 0.4) is 0 Å². The third kappa shape index (κ3) is 2.18. The number of hydrogen-bond acceptors (Lipinski definition) is 4. The zero-order valence-corrected chi connectivity index (χ0v) is 12.4. The Bertz CT molecular complexity index is 669. The molecule has 20 heavy (non-hydrogen) atoms. The predicted molar refractivity (Wildman–Crippen MR) is 83.3 cm³/mol. The molecular formula is C15H17N3OS. The quantitative estimate of drug-likeness (QED) is 0.908. The third-order valence-electron chi connectivity index (χ3n) is 3.28. The molecule has 5 heteroatoms. The van der Waals surface area contributed by atoms with E-state index in [-0.39, 0.29) is 5.76 Å². The number of nitrogens with zero attached hydrogens (tertiary/aromatic N) is 2. The number of hydrogen-bond donors (Lipinski definition) is 2. The number of aliphatic hydroxyl groups is 1. The largest absolute Gasteiger partial charge is 0.510 e. The molecule has 2 heterocycles. The maximum atomic E-state index is 10.2. The summed E-state index contributed by atoms with van der Waals surface area (Å²) in [7, 11) is 0. The van der Waals surface area contributed by atoms with E-state index in [1.54, 1.807) is 0 Å². The fourth-order valence-corrected chi connectivity index (χ4v) is 3.47. The Kier molecular flexibility index (Phi) is 3.22. The predicted octanol–water partition coefficient (Wildman–Crippen LogP) is 3.51. The van der Waals surface area contributed by atoms with Gasteiger partial charge in [-0.05, 0) is 18.1 Å². The van der Waals surface area contributed by atoms with Crippen molar-refractivity contribution in [2.24, 2.45) is 5.92 Å². The fraction of sp³-hybridized carbons (Fsp3) is 0.333. The lowest BCUT2D eigenvalue weighted by Gasteiger charge is -2.20. The minimum absolute atomic E-state index is 0.259. The molecule has 4 nitrogen and oxygen atoms in total. The van der Waals surface area contributed by atoms with E-state index in [0.717, 1.165) is 21.8 Å². The van der Waals surface area contributed by atoms with Gasteiger partial charge in [-0.15, -0.1) is 11.3 Å². The summed E-state index contributed by atoms with van der Waals surface area (Å²) in [6.07, 6.45) is 0. The molecule has 0 bridgehead atoms. The fourth-order valence-electron chi connectivity index (χ4n) is 2.43. The minimum atomic E-state index is 0.259. The van der Waals surface area contributed by atoms with Gasteiger partial charge in [-0.25, -0.2) is 4.98 Å². The van der Waals surface area contributed by atoms with E-state index >= 15 is 0 Å². The first-order valence-electron chi connectivity index (χ1n) is 6.68. The number of rotatable bonds is 3. The van der Waals surface area contributed by atoms with Crippen molar-refractivity contribution < 1.29 is 5.11 Å². The molecular weight excluding hydrogens is 270 g/mol. The van der Waals surface area contributed by atoms with Crippen molar-refractivity contribution in [1.82, 2.24) is 9.88 Å². The van der Waals surface area contributed by atoms with Gasteiger partial charge < -0.3 is 10.0 Å². The summed E-state index contributed by atoms with van der Waals surface area (Å²) in [6.45, 7) is 5.42. The zero-order chi connectivity index (χ0) is 14.3. The van der Waals surface area contributed by atoms with E-state index < -0.39 is 0 Å². The molecule has 2 aromatic rings. The van der Waals surface area contributed by atoms with E-state index in [1.807, 2.05) is 29.2 Å². The van der Waals surface area contributed by atoms with Crippen molar-refractivity contribution >= 4 is 33.0 Å². The summed E-state index contributed by atoms with van der Waals surface area (Å²) >= 11 is 1.53. The maximum Gasteiger partial charge on any atom is 0.135 e. The Morgan fingerprint density at radius 2 is 2.15 bits per heavy atom. The van der Waals surface area contributed by atoms with Gasteiger partial charge in [0.05, 0.1) is 22.3 Å². The Balaban J connectivity index is 1.97. The molecule has 1 aliphatic rings. The lowest BCUT2D eigenvalue weighted by atomic mass is 10.2. The number of amidine groups is 1. The summed E-state index contributed by atoms with van der Waals surface area (Å²) in [5, 5.41) is 19.2. The first-order chi connectivity index (χ1) is 9.56. The molecule has 1 aliphatic heterocycles. The highest BCUT2D eigenvalue weighted by Crippen LogP contribution is 2.33. The molecule has 3 rings (SSSR count). The zero-order valence-electron chi connectivity index (χ0n) is 11.6. The van der Waals surface area contributed by atoms with Gasteiger partial charge in [-0.2, -0.15) is 0 Å². The van der Waals surface area contributed by atoms with Gasteiger partial charge in [0, 0.05) is 6.54 Å². The molecule has 0 spiro atoms. The van der Waals surface area contributed by atoms with Crippen molar-refractivity contribution in [3.8, 4) is 0 Å². The summed E-state index contributed by atoms with van der Waals surface area (Å²) < 4.78 is 1.08. The number of aromatic nitrogens is 1. The molecule has 0 aliphatic carbocycles. The van der Waals surface area contributed by atoms with Gasteiger partial charge in [0.25, 0.3) is 0 Å². The topological polar surface area (TPSA) is 60.2 Å². The molecule has 104 valence electrons. The van der Waals surface area contributed by atoms with Gasteiger partial charge in [0.2, 0.25) is 0 Å². The second-order valence-corrected chi connectivity index (χ2v) is 6.46. The smallest absolute Gasteiger partial charge is 0.135 e. The molecule has 0 saturated heterocycles. The monoisotopic (exact) mass is 287 g/mol. The van der Waals surface area contributed by atoms with Gasteiger partial charge in [0.15, 0.2) is 0 Å². The minimum Gasteiger partial charge on any atom is -0.510 e. The molecule has 1 aromatic heterocycles. The van der Waals surface area contributed by atoms with Crippen LogP contribution in [0.4, 0.5) is 0 Å². The van der Waals surface area contributed by atoms with Crippen LogP contribution in [0.15, 0.2) is 30.0 Å². The SMILES string of the molecule is CC(C)CN1CC(O)=C(c2nc3ccccc3s2)C1=N. The number of nitrogens with one attached hydrogen (secondary N) is 1. The van der Waals surface area contributed by atoms with Crippen LogP contribution in [-0.4, -0.2) is 33.9 Å². The van der Waals surface area contributed by atoms with Crippen LogP contribution in [-0.2, 0) is 0 Å². The van der Waals surface area contributed by atoms with Crippen LogP contribution in [0.1, 0.15) is 18.9 Å². The Hall–Kier alpha value is -1.88. The first-order valence-corrected chi connectivity index (χ1v) is 7.50. The van der Waals surface area contributed by atoms with Crippen LogP contribution in [0, 0.1) is 11.3 Å². The molecule has 0 saturated carbocycles. The summed E-state index contributed by atoms with van der Waals surface area (Å²) in [4.78, 5) is 6.45. The van der Waals surface area contributed by atoms with Gasteiger partial charge >= 0.3 is 0 Å². The molecule has 0 radical (unpaired) electrons. The highest BCUT2D eigenvalue weighted by Gasteiger charge is 2.30. The Morgan fingerprint density at radius 3 is 2.85 bits per heavy atom. The number of fused-ring (bicyclic) bond motifs is 1. The van der Waals surface area contributed by atoms with Crippen molar-refractivity contribution in [3.05, 3.63) is 35.0 Å². The highest BCUT2D eigenvalue weighted by atomic mass is 32.1.